The van der Waals surface area contributed by atoms with Crippen LogP contribution in [0.5, 0.6) is 0 Å². The summed E-state index contributed by atoms with van der Waals surface area (Å²) in [6, 6.07) is 8.08. The number of amides is 1. The predicted octanol–water partition coefficient (Wildman–Crippen LogP) is 2.38. The molecule has 0 aliphatic rings. The molecular weight excluding hydrogens is 419 g/mol. The van der Waals surface area contributed by atoms with E-state index in [9.17, 15) is 26.4 Å². The van der Waals surface area contributed by atoms with Gasteiger partial charge in [0.05, 0.1) is 17.0 Å². The zero-order valence-corrected chi connectivity index (χ0v) is 16.0. The highest BCUT2D eigenvalue weighted by Crippen LogP contribution is 2.38. The van der Waals surface area contributed by atoms with Crippen molar-refractivity contribution >= 4 is 27.5 Å². The highest BCUT2D eigenvalue weighted by Gasteiger charge is 2.31. The van der Waals surface area contributed by atoms with Gasteiger partial charge in [-0.2, -0.15) is 13.2 Å². The van der Waals surface area contributed by atoms with E-state index in [0.29, 0.717) is 0 Å². The van der Waals surface area contributed by atoms with E-state index in [4.69, 9.17) is 17.3 Å². The minimum atomic E-state index is -4.62. The first-order valence-electron chi connectivity index (χ1n) is 7.99. The topological polar surface area (TPSA) is 101 Å². The lowest BCUT2D eigenvalue weighted by atomic mass is 10.0. The Balaban J connectivity index is 2.42. The predicted molar refractivity (Wildman–Crippen MR) is 99.1 cm³/mol. The van der Waals surface area contributed by atoms with Crippen molar-refractivity contribution < 1.29 is 26.4 Å². The van der Waals surface area contributed by atoms with Crippen molar-refractivity contribution in [3.63, 3.8) is 0 Å². The summed E-state index contributed by atoms with van der Waals surface area (Å²) in [6.45, 7) is -0.181. The van der Waals surface area contributed by atoms with Crippen LogP contribution in [0.25, 0.3) is 11.1 Å². The van der Waals surface area contributed by atoms with Gasteiger partial charge >= 0.3 is 6.18 Å². The number of sulfonamides is 1. The second-order valence-corrected chi connectivity index (χ2v) is 7.79. The van der Waals surface area contributed by atoms with Gasteiger partial charge in [0, 0.05) is 29.2 Å². The number of halogens is 4. The van der Waals surface area contributed by atoms with E-state index >= 15 is 0 Å². The molecule has 0 bridgehead atoms. The largest absolute Gasteiger partial charge is 0.416 e. The number of nitrogens with two attached hydrogens (primary N) is 1. The molecule has 0 saturated heterocycles. The number of benzene rings is 2. The van der Waals surface area contributed by atoms with E-state index in [-0.39, 0.29) is 34.1 Å². The summed E-state index contributed by atoms with van der Waals surface area (Å²) in [5.41, 5.74) is 4.17. The van der Waals surface area contributed by atoms with Crippen LogP contribution in [0.4, 0.5) is 13.2 Å². The summed E-state index contributed by atoms with van der Waals surface area (Å²) >= 11 is 6.03. The quantitative estimate of drug-likeness (QED) is 0.621. The van der Waals surface area contributed by atoms with Gasteiger partial charge in [0.15, 0.2) is 0 Å². The lowest BCUT2D eigenvalue weighted by Crippen LogP contribution is -2.38. The molecule has 1 amide bonds. The van der Waals surface area contributed by atoms with Crippen molar-refractivity contribution in [1.29, 1.82) is 0 Å². The first kappa shape index (κ1) is 22.2. The van der Waals surface area contributed by atoms with E-state index in [1.165, 1.54) is 24.3 Å². The molecule has 2 aromatic carbocycles. The summed E-state index contributed by atoms with van der Waals surface area (Å²) in [4.78, 5) is 11.3. The summed E-state index contributed by atoms with van der Waals surface area (Å²) < 4.78 is 66.4. The minimum absolute atomic E-state index is 0.0199. The second-order valence-electron chi connectivity index (χ2n) is 5.65. The molecule has 0 aliphatic heterocycles. The van der Waals surface area contributed by atoms with E-state index in [2.05, 4.69) is 10.0 Å². The summed E-state index contributed by atoms with van der Waals surface area (Å²) in [7, 11) is -4.21. The van der Waals surface area contributed by atoms with Gasteiger partial charge in [-0.3, -0.25) is 4.79 Å². The van der Waals surface area contributed by atoms with Gasteiger partial charge in [-0.15, -0.1) is 0 Å². The van der Waals surface area contributed by atoms with Gasteiger partial charge < -0.3 is 11.1 Å². The Morgan fingerprint density at radius 1 is 1.11 bits per heavy atom. The summed E-state index contributed by atoms with van der Waals surface area (Å²) in [6.07, 6.45) is -4.62. The molecule has 0 saturated carbocycles. The number of alkyl halides is 3. The fraction of sp³-hybridized carbons (Fsp3) is 0.235. The lowest BCUT2D eigenvalue weighted by molar-refractivity contribution is -0.137. The molecule has 4 N–H and O–H groups in total. The molecule has 0 aromatic heterocycles. The molecule has 6 nitrogen and oxygen atoms in total. The lowest BCUT2D eigenvalue weighted by Gasteiger charge is -2.15. The van der Waals surface area contributed by atoms with Gasteiger partial charge in [-0.1, -0.05) is 29.8 Å². The molecule has 28 heavy (non-hydrogen) atoms. The van der Waals surface area contributed by atoms with Crippen molar-refractivity contribution in [3.8, 4) is 11.1 Å². The monoisotopic (exact) mass is 435 g/mol. The number of rotatable bonds is 7. The van der Waals surface area contributed by atoms with Crippen LogP contribution in [0.2, 0.25) is 5.02 Å². The Kier molecular flexibility index (Phi) is 7.05. The van der Waals surface area contributed by atoms with Crippen LogP contribution in [-0.4, -0.2) is 34.0 Å². The van der Waals surface area contributed by atoms with Gasteiger partial charge in [0.1, 0.15) is 0 Å². The normalized spacial score (nSPS) is 12.0. The van der Waals surface area contributed by atoms with E-state index in [1.807, 2.05) is 0 Å². The molecule has 0 radical (unpaired) electrons. The van der Waals surface area contributed by atoms with Gasteiger partial charge in [-0.25, -0.2) is 13.1 Å². The Labute approximate surface area is 164 Å². The maximum Gasteiger partial charge on any atom is 0.416 e. The van der Waals surface area contributed by atoms with Gasteiger partial charge in [0.25, 0.3) is 0 Å². The molecule has 0 unspecified atom stereocenters. The molecular formula is C17H17ClF3N3O3S. The van der Waals surface area contributed by atoms with Crippen LogP contribution in [0.1, 0.15) is 5.56 Å². The molecule has 0 atom stereocenters. The van der Waals surface area contributed by atoms with Crippen LogP contribution in [0.3, 0.4) is 0 Å². The fourth-order valence-corrected chi connectivity index (χ4v) is 3.77. The fourth-order valence-electron chi connectivity index (χ4n) is 2.34. The molecule has 2 rings (SSSR count). The summed E-state index contributed by atoms with van der Waals surface area (Å²) in [5, 5.41) is 2.35. The first-order valence-corrected chi connectivity index (χ1v) is 9.85. The number of hydrogen-bond acceptors (Lipinski definition) is 4. The van der Waals surface area contributed by atoms with Crippen LogP contribution in [0.15, 0.2) is 47.4 Å². The molecule has 0 fully saturated rings. The third-order valence-electron chi connectivity index (χ3n) is 3.65. The van der Waals surface area contributed by atoms with E-state index in [0.717, 1.165) is 18.2 Å². The van der Waals surface area contributed by atoms with E-state index < -0.39 is 34.2 Å². The van der Waals surface area contributed by atoms with Crippen LogP contribution >= 0.6 is 11.6 Å². The first-order chi connectivity index (χ1) is 13.1. The molecule has 0 spiro atoms. The van der Waals surface area contributed by atoms with Crippen molar-refractivity contribution in [2.75, 3.05) is 19.6 Å². The molecule has 2 aromatic rings. The Morgan fingerprint density at radius 3 is 2.43 bits per heavy atom. The molecule has 0 heterocycles. The number of carbonyl (C=O) groups is 1. The molecule has 152 valence electrons. The number of nitrogens with one attached hydrogen (secondary N) is 2. The van der Waals surface area contributed by atoms with Crippen molar-refractivity contribution in [2.45, 2.75) is 11.1 Å². The molecule has 11 heteroatoms. The van der Waals surface area contributed by atoms with Crippen molar-refractivity contribution in [1.82, 2.24) is 10.0 Å². The maximum absolute atomic E-state index is 13.0. The van der Waals surface area contributed by atoms with Gasteiger partial charge in [-0.05, 0) is 24.3 Å². The zero-order valence-electron chi connectivity index (χ0n) is 14.4. The average Bonchev–Trinajstić information content (AvgIpc) is 2.64. The highest BCUT2D eigenvalue weighted by atomic mass is 35.5. The smallest absolute Gasteiger partial charge is 0.354 e. The van der Waals surface area contributed by atoms with E-state index in [1.54, 1.807) is 0 Å². The third kappa shape index (κ3) is 5.44. The number of carbonyl (C=O) groups excluding carboxylic acids is 1. The Morgan fingerprint density at radius 2 is 1.79 bits per heavy atom. The Hall–Kier alpha value is -2.14. The average molecular weight is 436 g/mol. The maximum atomic E-state index is 13.0. The number of hydrogen-bond donors (Lipinski definition) is 3. The van der Waals surface area contributed by atoms with Crippen LogP contribution in [0, 0.1) is 0 Å². The molecule has 0 aliphatic carbocycles. The van der Waals surface area contributed by atoms with Crippen LogP contribution in [-0.2, 0) is 21.0 Å². The SMILES string of the molecule is NCCNC(=O)CNS(=O)(=O)c1ccccc1-c1cc(C(F)(F)F)ccc1Cl. The Bertz CT molecular complexity index is 966. The standard InChI is InChI=1S/C17H17ClF3N3O3S/c18-14-6-5-11(17(19,20)21)9-13(14)12-3-1-2-4-15(12)28(26,27)24-10-16(25)23-8-7-22/h1-6,9,24H,7-8,10,22H2,(H,23,25). The highest BCUT2D eigenvalue weighted by molar-refractivity contribution is 7.89. The third-order valence-corrected chi connectivity index (χ3v) is 5.44. The van der Waals surface area contributed by atoms with Crippen molar-refractivity contribution in [2.24, 2.45) is 5.73 Å². The minimum Gasteiger partial charge on any atom is -0.354 e. The van der Waals surface area contributed by atoms with Crippen molar-refractivity contribution in [3.05, 3.63) is 53.1 Å². The zero-order chi connectivity index (χ0) is 20.9. The van der Waals surface area contributed by atoms with Crippen LogP contribution < -0.4 is 15.8 Å². The second kappa shape index (κ2) is 8.91. The van der Waals surface area contributed by atoms with Gasteiger partial charge in [0.2, 0.25) is 15.9 Å². The summed E-state index contributed by atoms with van der Waals surface area (Å²) in [5.74, 6) is -0.594.